The maximum Gasteiger partial charge on any atom is 0.320 e. The maximum atomic E-state index is 13.1. The average molecular weight is 296 g/mol. The van der Waals surface area contributed by atoms with Crippen LogP contribution in [-0.4, -0.2) is 46.5 Å². The molecule has 0 aliphatic rings. The van der Waals surface area contributed by atoms with Crippen LogP contribution < -0.4 is 0 Å². The minimum Gasteiger partial charge on any atom is -0.481 e. The van der Waals surface area contributed by atoms with E-state index in [1.165, 1.54) is 21.9 Å². The summed E-state index contributed by atoms with van der Waals surface area (Å²) in [4.78, 5) is 26.0. The predicted octanol–water partition coefficient (Wildman–Crippen LogP) is 2.56. The van der Waals surface area contributed by atoms with E-state index in [-0.39, 0.29) is 37.4 Å². The Morgan fingerprint density at radius 1 is 1.33 bits per heavy atom. The molecule has 0 aliphatic heterocycles. The molecule has 0 saturated heterocycles. The summed E-state index contributed by atoms with van der Waals surface area (Å²) < 4.78 is 13.1. The van der Waals surface area contributed by atoms with Gasteiger partial charge in [-0.05, 0) is 31.5 Å². The van der Waals surface area contributed by atoms with Crippen LogP contribution in [0.25, 0.3) is 0 Å². The minimum atomic E-state index is -0.943. The lowest BCUT2D eigenvalue weighted by atomic mass is 10.2. The van der Waals surface area contributed by atoms with E-state index in [0.29, 0.717) is 5.56 Å². The van der Waals surface area contributed by atoms with Crippen LogP contribution in [0.15, 0.2) is 24.3 Å². The molecular weight excluding hydrogens is 275 g/mol. The Hall–Kier alpha value is -2.11. The number of amides is 2. The van der Waals surface area contributed by atoms with Crippen LogP contribution in [0.1, 0.15) is 25.8 Å². The number of carboxylic acid groups (broad SMARTS) is 1. The zero-order valence-electron chi connectivity index (χ0n) is 12.5. The monoisotopic (exact) mass is 296 g/mol. The summed E-state index contributed by atoms with van der Waals surface area (Å²) in [5.74, 6) is -1.29. The van der Waals surface area contributed by atoms with Crippen molar-refractivity contribution in [1.29, 1.82) is 0 Å². The number of hydrogen-bond donors (Lipinski definition) is 1. The van der Waals surface area contributed by atoms with Crippen LogP contribution in [0.4, 0.5) is 9.18 Å². The summed E-state index contributed by atoms with van der Waals surface area (Å²) in [7, 11) is 1.61. The van der Waals surface area contributed by atoms with E-state index < -0.39 is 5.97 Å². The lowest BCUT2D eigenvalue weighted by molar-refractivity contribution is -0.137. The number of carbonyl (C=O) groups is 2. The van der Waals surface area contributed by atoms with Crippen molar-refractivity contribution in [3.63, 3.8) is 0 Å². The van der Waals surface area contributed by atoms with Crippen LogP contribution in [0.5, 0.6) is 0 Å². The van der Waals surface area contributed by atoms with Gasteiger partial charge >= 0.3 is 12.0 Å². The molecule has 0 saturated carbocycles. The Kier molecular flexibility index (Phi) is 6.14. The van der Waals surface area contributed by atoms with Crippen LogP contribution in [0.2, 0.25) is 0 Å². The lowest BCUT2D eigenvalue weighted by Gasteiger charge is -2.31. The molecule has 1 N–H and O–H groups in total. The molecule has 0 bridgehead atoms. The highest BCUT2D eigenvalue weighted by Gasteiger charge is 2.21. The molecule has 1 rings (SSSR count). The fourth-order valence-corrected chi connectivity index (χ4v) is 1.99. The third-order valence-corrected chi connectivity index (χ3v) is 3.07. The van der Waals surface area contributed by atoms with E-state index in [1.807, 2.05) is 13.8 Å². The second kappa shape index (κ2) is 7.61. The van der Waals surface area contributed by atoms with E-state index in [2.05, 4.69) is 0 Å². The lowest BCUT2D eigenvalue weighted by Crippen LogP contribution is -2.45. The summed E-state index contributed by atoms with van der Waals surface area (Å²) in [6, 6.07) is 5.68. The van der Waals surface area contributed by atoms with Gasteiger partial charge < -0.3 is 14.9 Å². The molecule has 2 amide bonds. The van der Waals surface area contributed by atoms with Gasteiger partial charge in [-0.3, -0.25) is 4.79 Å². The van der Waals surface area contributed by atoms with Gasteiger partial charge in [0, 0.05) is 26.2 Å². The van der Waals surface area contributed by atoms with Gasteiger partial charge in [0.05, 0.1) is 6.42 Å². The Morgan fingerprint density at radius 2 is 2.00 bits per heavy atom. The number of nitrogens with zero attached hydrogens (tertiary/aromatic N) is 2. The third-order valence-electron chi connectivity index (χ3n) is 3.07. The molecule has 1 aromatic rings. The highest BCUT2D eigenvalue weighted by Crippen LogP contribution is 2.10. The van der Waals surface area contributed by atoms with Crippen molar-refractivity contribution in [2.45, 2.75) is 32.9 Å². The van der Waals surface area contributed by atoms with Crippen LogP contribution in [0, 0.1) is 5.82 Å². The van der Waals surface area contributed by atoms with Gasteiger partial charge in [-0.15, -0.1) is 0 Å². The highest BCUT2D eigenvalue weighted by atomic mass is 19.1. The number of urea groups is 1. The first-order chi connectivity index (χ1) is 9.81. The molecule has 0 spiro atoms. The quantitative estimate of drug-likeness (QED) is 0.877. The van der Waals surface area contributed by atoms with Crippen molar-refractivity contribution in [1.82, 2.24) is 9.80 Å². The Bertz CT molecular complexity index is 505. The maximum absolute atomic E-state index is 13.1. The second-order valence-corrected chi connectivity index (χ2v) is 5.20. The van der Waals surface area contributed by atoms with Gasteiger partial charge in [-0.25, -0.2) is 9.18 Å². The number of carboxylic acids is 1. The standard InChI is InChI=1S/C15H21FN2O3/c1-11(2)18(8-7-14(19)20)15(21)17(3)10-12-5-4-6-13(16)9-12/h4-6,9,11H,7-8,10H2,1-3H3,(H,19,20). The van der Waals surface area contributed by atoms with Crippen molar-refractivity contribution < 1.29 is 19.1 Å². The molecule has 0 fully saturated rings. The first-order valence-corrected chi connectivity index (χ1v) is 6.79. The van der Waals surface area contributed by atoms with Crippen molar-refractivity contribution in [2.24, 2.45) is 0 Å². The number of carbonyl (C=O) groups excluding carboxylic acids is 1. The molecule has 0 unspecified atom stereocenters. The molecule has 0 aliphatic carbocycles. The molecule has 0 aromatic heterocycles. The Labute approximate surface area is 124 Å². The average Bonchev–Trinajstić information content (AvgIpc) is 2.37. The SMILES string of the molecule is CC(C)N(CCC(=O)O)C(=O)N(C)Cc1cccc(F)c1. The summed E-state index contributed by atoms with van der Waals surface area (Å²) in [6.45, 7) is 4.08. The van der Waals surface area contributed by atoms with Gasteiger partial charge in [-0.2, -0.15) is 0 Å². The number of hydrogen-bond acceptors (Lipinski definition) is 2. The molecule has 1 aromatic carbocycles. The Balaban J connectivity index is 2.71. The predicted molar refractivity (Wildman–Crippen MR) is 77.4 cm³/mol. The molecule has 21 heavy (non-hydrogen) atoms. The van der Waals surface area contributed by atoms with Gasteiger partial charge in [0.15, 0.2) is 0 Å². The van der Waals surface area contributed by atoms with Crippen molar-refractivity contribution >= 4 is 12.0 Å². The normalized spacial score (nSPS) is 10.5. The molecular formula is C15H21FN2O3. The van der Waals surface area contributed by atoms with Crippen molar-refractivity contribution in [3.8, 4) is 0 Å². The molecule has 5 nitrogen and oxygen atoms in total. The molecule has 0 heterocycles. The summed E-state index contributed by atoms with van der Waals surface area (Å²) in [5.41, 5.74) is 0.688. The summed E-state index contributed by atoms with van der Waals surface area (Å²) in [5, 5.41) is 8.74. The molecule has 116 valence electrons. The fraction of sp³-hybridized carbons (Fsp3) is 0.467. The number of halogens is 1. The van der Waals surface area contributed by atoms with Gasteiger partial charge in [0.25, 0.3) is 0 Å². The molecule has 0 atom stereocenters. The zero-order chi connectivity index (χ0) is 16.0. The summed E-state index contributed by atoms with van der Waals surface area (Å²) in [6.07, 6.45) is -0.0995. The first-order valence-electron chi connectivity index (χ1n) is 6.79. The highest BCUT2D eigenvalue weighted by molar-refractivity contribution is 5.75. The first kappa shape index (κ1) is 16.9. The smallest absolute Gasteiger partial charge is 0.320 e. The largest absolute Gasteiger partial charge is 0.481 e. The van der Waals surface area contributed by atoms with Crippen LogP contribution >= 0.6 is 0 Å². The minimum absolute atomic E-state index is 0.0995. The van der Waals surface area contributed by atoms with E-state index in [0.717, 1.165) is 0 Å². The van der Waals surface area contributed by atoms with E-state index in [9.17, 15) is 14.0 Å². The van der Waals surface area contributed by atoms with E-state index >= 15 is 0 Å². The van der Waals surface area contributed by atoms with Crippen LogP contribution in [-0.2, 0) is 11.3 Å². The molecule has 6 heteroatoms. The molecule has 0 radical (unpaired) electrons. The fourth-order valence-electron chi connectivity index (χ4n) is 1.99. The number of rotatable bonds is 6. The van der Waals surface area contributed by atoms with Gasteiger partial charge in [0.2, 0.25) is 0 Å². The van der Waals surface area contributed by atoms with Crippen LogP contribution in [0.3, 0.4) is 0 Å². The topological polar surface area (TPSA) is 60.9 Å². The Morgan fingerprint density at radius 3 is 2.52 bits per heavy atom. The third kappa shape index (κ3) is 5.41. The summed E-state index contributed by atoms with van der Waals surface area (Å²) >= 11 is 0. The number of aliphatic carboxylic acids is 1. The van der Waals surface area contributed by atoms with Gasteiger partial charge in [-0.1, -0.05) is 12.1 Å². The van der Waals surface area contributed by atoms with E-state index in [4.69, 9.17) is 5.11 Å². The van der Waals surface area contributed by atoms with E-state index in [1.54, 1.807) is 19.2 Å². The van der Waals surface area contributed by atoms with Crippen molar-refractivity contribution in [2.75, 3.05) is 13.6 Å². The van der Waals surface area contributed by atoms with Gasteiger partial charge in [0.1, 0.15) is 5.82 Å². The van der Waals surface area contributed by atoms with Crippen molar-refractivity contribution in [3.05, 3.63) is 35.6 Å². The zero-order valence-corrected chi connectivity index (χ0v) is 12.5. The number of benzene rings is 1. The second-order valence-electron chi connectivity index (χ2n) is 5.20.